The van der Waals surface area contributed by atoms with Crippen molar-refractivity contribution in [3.63, 3.8) is 0 Å². The molecule has 2 aliphatic heterocycles. The lowest BCUT2D eigenvalue weighted by molar-refractivity contribution is -0.137. The molecule has 38 heavy (non-hydrogen) atoms. The highest BCUT2D eigenvalue weighted by molar-refractivity contribution is 7.17. The zero-order valence-corrected chi connectivity index (χ0v) is 22.4. The van der Waals surface area contributed by atoms with E-state index in [-0.39, 0.29) is 51.6 Å². The van der Waals surface area contributed by atoms with Crippen molar-refractivity contribution in [2.75, 3.05) is 11.9 Å². The number of carbonyl (C=O) groups is 2. The molecule has 2 bridgehead atoms. The average Bonchev–Trinajstić information content (AvgIpc) is 3.31. The Labute approximate surface area is 223 Å². The highest BCUT2D eigenvalue weighted by Gasteiger charge is 2.45. The van der Waals surface area contributed by atoms with Gasteiger partial charge in [0.1, 0.15) is 11.5 Å². The van der Waals surface area contributed by atoms with Crippen molar-refractivity contribution in [1.29, 1.82) is 0 Å². The zero-order chi connectivity index (χ0) is 27.4. The third kappa shape index (κ3) is 5.51. The second kappa shape index (κ2) is 9.78. The summed E-state index contributed by atoms with van der Waals surface area (Å²) in [6, 6.07) is 1.03. The smallest absolute Gasteiger partial charge is 0.389 e. The number of thiazole rings is 1. The van der Waals surface area contributed by atoms with Crippen LogP contribution in [0.1, 0.15) is 85.2 Å². The van der Waals surface area contributed by atoms with Gasteiger partial charge >= 0.3 is 6.18 Å². The molecule has 0 unspecified atom stereocenters. The van der Waals surface area contributed by atoms with Crippen LogP contribution < -0.4 is 10.6 Å². The Kier molecular flexibility index (Phi) is 6.91. The Morgan fingerprint density at radius 2 is 1.79 bits per heavy atom. The summed E-state index contributed by atoms with van der Waals surface area (Å²) in [6.07, 6.45) is 1.86. The lowest BCUT2D eigenvalue weighted by atomic mass is 10.0. The molecule has 1 saturated carbocycles. The predicted octanol–water partition coefficient (Wildman–Crippen LogP) is 4.70. The zero-order valence-electron chi connectivity index (χ0n) is 21.6. The predicted molar refractivity (Wildman–Crippen MR) is 137 cm³/mol. The fourth-order valence-electron chi connectivity index (χ4n) is 5.38. The molecule has 0 aromatic carbocycles. The first-order valence-electron chi connectivity index (χ1n) is 13.0. The molecule has 3 fully saturated rings. The van der Waals surface area contributed by atoms with Crippen molar-refractivity contribution in [3.8, 4) is 10.4 Å². The first kappa shape index (κ1) is 26.9. The van der Waals surface area contributed by atoms with E-state index >= 15 is 0 Å². The van der Waals surface area contributed by atoms with E-state index in [0.717, 1.165) is 62.1 Å². The number of rotatable bonds is 8. The van der Waals surface area contributed by atoms with Crippen LogP contribution in [0.3, 0.4) is 0 Å². The maximum atomic E-state index is 14.3. The van der Waals surface area contributed by atoms with E-state index in [1.165, 1.54) is 13.8 Å². The summed E-state index contributed by atoms with van der Waals surface area (Å²) in [4.78, 5) is 36.8. The number of aliphatic hydroxyl groups is 1. The number of aromatic nitrogens is 2. The number of amides is 2. The summed E-state index contributed by atoms with van der Waals surface area (Å²) < 4.78 is 43.0. The van der Waals surface area contributed by atoms with E-state index in [4.69, 9.17) is 0 Å². The van der Waals surface area contributed by atoms with Crippen molar-refractivity contribution in [3.05, 3.63) is 28.5 Å². The molecule has 0 spiro atoms. The van der Waals surface area contributed by atoms with Crippen LogP contribution in [0, 0.1) is 5.92 Å². The van der Waals surface area contributed by atoms with E-state index in [2.05, 4.69) is 20.6 Å². The van der Waals surface area contributed by atoms with E-state index in [0.29, 0.717) is 5.92 Å². The van der Waals surface area contributed by atoms with E-state index in [9.17, 15) is 27.9 Å². The normalized spacial score (nSPS) is 22.0. The first-order valence-corrected chi connectivity index (χ1v) is 13.8. The Morgan fingerprint density at radius 3 is 2.34 bits per heavy atom. The topological polar surface area (TPSA) is 107 Å². The summed E-state index contributed by atoms with van der Waals surface area (Å²) in [7, 11) is 0. The second-order valence-electron chi connectivity index (χ2n) is 11.2. The quantitative estimate of drug-likeness (QED) is 0.439. The molecule has 4 heterocycles. The maximum Gasteiger partial charge on any atom is 0.417 e. The molecule has 5 rings (SSSR count). The fourth-order valence-corrected chi connectivity index (χ4v) is 6.38. The van der Waals surface area contributed by atoms with Crippen LogP contribution in [0.25, 0.3) is 10.4 Å². The van der Waals surface area contributed by atoms with Gasteiger partial charge in [-0.3, -0.25) is 9.59 Å². The lowest BCUT2D eigenvalue weighted by Crippen LogP contribution is -2.38. The summed E-state index contributed by atoms with van der Waals surface area (Å²) in [5, 5.41) is 15.4. The monoisotopic (exact) mass is 551 g/mol. The van der Waals surface area contributed by atoms with Gasteiger partial charge in [-0.15, -0.1) is 11.3 Å². The van der Waals surface area contributed by atoms with Crippen molar-refractivity contribution in [2.24, 2.45) is 5.92 Å². The Hall–Kier alpha value is -2.73. The van der Waals surface area contributed by atoms with Crippen molar-refractivity contribution >= 4 is 29.0 Å². The third-order valence-corrected chi connectivity index (χ3v) is 8.64. The average molecular weight is 552 g/mol. The van der Waals surface area contributed by atoms with Gasteiger partial charge in [-0.25, -0.2) is 9.97 Å². The van der Waals surface area contributed by atoms with Gasteiger partial charge < -0.3 is 20.6 Å². The lowest BCUT2D eigenvalue weighted by Gasteiger charge is -2.22. The van der Waals surface area contributed by atoms with Crippen molar-refractivity contribution in [2.45, 2.75) is 89.2 Å². The summed E-state index contributed by atoms with van der Waals surface area (Å²) in [5.41, 5.74) is -2.59. The van der Waals surface area contributed by atoms with Crippen LogP contribution in [0.15, 0.2) is 12.3 Å². The molecular weight excluding hydrogens is 519 g/mol. The first-order chi connectivity index (χ1) is 17.8. The Bertz CT molecular complexity index is 1220. The fraction of sp³-hybridized carbons (Fsp3) is 0.615. The highest BCUT2D eigenvalue weighted by Crippen LogP contribution is 2.44. The second-order valence-corrected chi connectivity index (χ2v) is 12.2. The van der Waals surface area contributed by atoms with Gasteiger partial charge in [0.15, 0.2) is 5.01 Å². The van der Waals surface area contributed by atoms with Gasteiger partial charge in [0, 0.05) is 36.4 Å². The minimum atomic E-state index is -4.72. The Balaban J connectivity index is 1.55. The molecule has 2 amide bonds. The molecule has 3 N–H and O–H groups in total. The van der Waals surface area contributed by atoms with E-state index in [1.54, 1.807) is 4.90 Å². The summed E-state index contributed by atoms with van der Waals surface area (Å²) in [5.74, 6) is -0.601. The van der Waals surface area contributed by atoms with Gasteiger partial charge in [0.25, 0.3) is 11.8 Å². The Morgan fingerprint density at radius 1 is 1.16 bits per heavy atom. The van der Waals surface area contributed by atoms with Gasteiger partial charge in [0.05, 0.1) is 16.0 Å². The molecule has 1 atom stereocenters. The molecule has 12 heteroatoms. The molecule has 0 radical (unpaired) electrons. The summed E-state index contributed by atoms with van der Waals surface area (Å²) >= 11 is 0.734. The molecule has 8 nitrogen and oxygen atoms in total. The number of fused-ring (bicyclic) bond motifs is 2. The highest BCUT2D eigenvalue weighted by atomic mass is 32.1. The maximum absolute atomic E-state index is 14.3. The van der Waals surface area contributed by atoms with Crippen LogP contribution in [-0.2, 0) is 6.18 Å². The van der Waals surface area contributed by atoms with Crippen LogP contribution in [0.2, 0.25) is 0 Å². The number of hydrogen-bond acceptors (Lipinski definition) is 7. The number of carbonyl (C=O) groups excluding carboxylic acids is 2. The van der Waals surface area contributed by atoms with Gasteiger partial charge in [-0.2, -0.15) is 13.2 Å². The number of nitrogens with one attached hydrogen (secondary N) is 2. The third-order valence-electron chi connectivity index (χ3n) is 7.55. The number of pyridine rings is 1. The van der Waals surface area contributed by atoms with Crippen LogP contribution >= 0.6 is 11.3 Å². The molecule has 206 valence electrons. The molecule has 2 aromatic heterocycles. The van der Waals surface area contributed by atoms with Crippen LogP contribution in [0.5, 0.6) is 0 Å². The van der Waals surface area contributed by atoms with Crippen LogP contribution in [-0.4, -0.2) is 62.1 Å². The summed E-state index contributed by atoms with van der Waals surface area (Å²) in [6.45, 7) is 4.86. The number of alkyl halides is 3. The minimum absolute atomic E-state index is 0.00769. The number of anilines is 1. The van der Waals surface area contributed by atoms with E-state index < -0.39 is 29.2 Å². The number of hydrogen-bond donors (Lipinski definition) is 3. The van der Waals surface area contributed by atoms with Gasteiger partial charge in [-0.05, 0) is 71.3 Å². The molecule has 2 saturated heterocycles. The number of halogens is 3. The minimum Gasteiger partial charge on any atom is -0.389 e. The molecule has 3 aliphatic rings. The van der Waals surface area contributed by atoms with E-state index in [1.807, 2.05) is 6.92 Å². The molecule has 1 aliphatic carbocycles. The van der Waals surface area contributed by atoms with Crippen molar-refractivity contribution < 1.29 is 27.9 Å². The number of nitrogens with zero attached hydrogens (tertiary/aromatic N) is 3. The van der Waals surface area contributed by atoms with Crippen molar-refractivity contribution in [1.82, 2.24) is 20.2 Å². The molecule has 2 aromatic rings. The standard InChI is InChI=1S/C26H32F3N5O3S/c1-13(14-4-5-14)32-19-10-18(26(27,28)29)17(11-30-19)21-20(24(36)34-15-6-7-16(34)9-8-15)33-23(38-21)22(35)31-12-25(2,3)37/h10-11,13-16,37H,4-9,12H2,1-3H3,(H,30,32)(H,31,35)/t13-,15?,16?/m0/s1. The SMILES string of the molecule is C[C@H](Nc1cc(C(F)(F)F)c(-c2sc(C(=O)NCC(C)(C)O)nc2C(=O)N2C3CCC2CC3)cn1)C1CC1. The largest absolute Gasteiger partial charge is 0.417 e. The van der Waals surface area contributed by atoms with Crippen LogP contribution in [0.4, 0.5) is 19.0 Å². The van der Waals surface area contributed by atoms with Gasteiger partial charge in [0.2, 0.25) is 0 Å². The molecular formula is C26H32F3N5O3S. The van der Waals surface area contributed by atoms with Gasteiger partial charge in [-0.1, -0.05) is 0 Å².